The molecule has 0 aromatic heterocycles. The van der Waals surface area contributed by atoms with E-state index in [9.17, 15) is 4.79 Å². The number of carbonyl (C=O) groups excluding carboxylic acids is 1. The summed E-state index contributed by atoms with van der Waals surface area (Å²) >= 11 is 0. The second-order valence-corrected chi connectivity index (χ2v) is 4.90. The molecule has 1 rings (SSSR count). The third-order valence-corrected chi connectivity index (χ3v) is 3.12. The molecule has 0 saturated carbocycles. The van der Waals surface area contributed by atoms with Crippen molar-refractivity contribution in [1.29, 1.82) is 0 Å². The SMILES string of the molecule is CCCNC(C)CCc1ccc(OCC(=O)OC)cc1. The molecule has 4 heteroatoms. The Balaban J connectivity index is 2.33. The van der Waals surface area contributed by atoms with Crippen molar-refractivity contribution in [2.75, 3.05) is 20.3 Å². The van der Waals surface area contributed by atoms with Crippen LogP contribution in [0.4, 0.5) is 0 Å². The van der Waals surface area contributed by atoms with Gasteiger partial charge in [0.15, 0.2) is 6.61 Å². The van der Waals surface area contributed by atoms with Gasteiger partial charge in [-0.05, 0) is 50.4 Å². The first-order chi connectivity index (χ1) is 9.65. The van der Waals surface area contributed by atoms with Gasteiger partial charge >= 0.3 is 5.97 Å². The number of hydrogen-bond acceptors (Lipinski definition) is 4. The number of rotatable bonds is 9. The fraction of sp³-hybridized carbons (Fsp3) is 0.562. The van der Waals surface area contributed by atoms with E-state index in [1.807, 2.05) is 24.3 Å². The summed E-state index contributed by atoms with van der Waals surface area (Å²) in [5, 5.41) is 3.48. The molecule has 0 aliphatic rings. The van der Waals surface area contributed by atoms with E-state index in [1.54, 1.807) is 0 Å². The molecule has 20 heavy (non-hydrogen) atoms. The number of methoxy groups -OCH3 is 1. The van der Waals surface area contributed by atoms with Crippen LogP contribution < -0.4 is 10.1 Å². The summed E-state index contributed by atoms with van der Waals surface area (Å²) in [5.74, 6) is 0.321. The molecular formula is C16H25NO3. The Kier molecular flexibility index (Phi) is 7.73. The maximum absolute atomic E-state index is 11.0. The molecule has 0 bridgehead atoms. The zero-order chi connectivity index (χ0) is 14.8. The molecular weight excluding hydrogens is 254 g/mol. The minimum Gasteiger partial charge on any atom is -0.482 e. The van der Waals surface area contributed by atoms with Crippen molar-refractivity contribution in [2.24, 2.45) is 0 Å². The van der Waals surface area contributed by atoms with Gasteiger partial charge < -0.3 is 14.8 Å². The van der Waals surface area contributed by atoms with Crippen LogP contribution in [0.25, 0.3) is 0 Å². The lowest BCUT2D eigenvalue weighted by Gasteiger charge is -2.13. The number of ether oxygens (including phenoxy) is 2. The molecule has 0 aliphatic carbocycles. The van der Waals surface area contributed by atoms with Gasteiger partial charge in [-0.3, -0.25) is 0 Å². The van der Waals surface area contributed by atoms with Crippen molar-refractivity contribution in [3.8, 4) is 5.75 Å². The maximum Gasteiger partial charge on any atom is 0.343 e. The van der Waals surface area contributed by atoms with Crippen LogP contribution in [0.15, 0.2) is 24.3 Å². The Morgan fingerprint density at radius 3 is 2.60 bits per heavy atom. The molecule has 0 fully saturated rings. The molecule has 112 valence electrons. The summed E-state index contributed by atoms with van der Waals surface area (Å²) in [5.41, 5.74) is 1.28. The first-order valence-corrected chi connectivity index (χ1v) is 7.17. The third-order valence-electron chi connectivity index (χ3n) is 3.12. The van der Waals surface area contributed by atoms with Crippen molar-refractivity contribution in [2.45, 2.75) is 39.2 Å². The number of carbonyl (C=O) groups is 1. The zero-order valence-electron chi connectivity index (χ0n) is 12.6. The number of esters is 1. The molecule has 1 aromatic rings. The monoisotopic (exact) mass is 279 g/mol. The highest BCUT2D eigenvalue weighted by Gasteiger charge is 2.03. The van der Waals surface area contributed by atoms with E-state index in [0.717, 1.165) is 25.8 Å². The van der Waals surface area contributed by atoms with Crippen LogP contribution in [0.1, 0.15) is 32.3 Å². The number of aryl methyl sites for hydroxylation is 1. The van der Waals surface area contributed by atoms with Gasteiger partial charge in [-0.25, -0.2) is 4.79 Å². The molecule has 1 aromatic carbocycles. The number of nitrogens with one attached hydrogen (secondary N) is 1. The van der Waals surface area contributed by atoms with Gasteiger partial charge in [-0.15, -0.1) is 0 Å². The van der Waals surface area contributed by atoms with Crippen molar-refractivity contribution in [3.63, 3.8) is 0 Å². The van der Waals surface area contributed by atoms with Crippen molar-refractivity contribution >= 4 is 5.97 Å². The fourth-order valence-corrected chi connectivity index (χ4v) is 1.83. The summed E-state index contributed by atoms with van der Waals surface area (Å²) in [6, 6.07) is 8.40. The highest BCUT2D eigenvalue weighted by atomic mass is 16.6. The van der Waals surface area contributed by atoms with Gasteiger partial charge in [0.1, 0.15) is 5.75 Å². The largest absolute Gasteiger partial charge is 0.482 e. The van der Waals surface area contributed by atoms with Crippen LogP contribution in [-0.4, -0.2) is 32.3 Å². The number of hydrogen-bond donors (Lipinski definition) is 1. The second-order valence-electron chi connectivity index (χ2n) is 4.90. The van der Waals surface area contributed by atoms with Crippen molar-refractivity contribution < 1.29 is 14.3 Å². The van der Waals surface area contributed by atoms with E-state index in [-0.39, 0.29) is 12.6 Å². The zero-order valence-corrected chi connectivity index (χ0v) is 12.6. The average Bonchev–Trinajstić information content (AvgIpc) is 2.49. The Morgan fingerprint density at radius 1 is 1.30 bits per heavy atom. The quantitative estimate of drug-likeness (QED) is 0.706. The van der Waals surface area contributed by atoms with Crippen molar-refractivity contribution in [1.82, 2.24) is 5.32 Å². The number of benzene rings is 1. The highest BCUT2D eigenvalue weighted by molar-refractivity contribution is 5.70. The summed E-state index contributed by atoms with van der Waals surface area (Å²) in [7, 11) is 1.35. The van der Waals surface area contributed by atoms with Crippen LogP contribution in [0.3, 0.4) is 0 Å². The van der Waals surface area contributed by atoms with E-state index in [1.165, 1.54) is 12.7 Å². The summed E-state index contributed by atoms with van der Waals surface area (Å²) in [4.78, 5) is 11.0. The third kappa shape index (κ3) is 6.57. The maximum atomic E-state index is 11.0. The van der Waals surface area contributed by atoms with E-state index >= 15 is 0 Å². The van der Waals surface area contributed by atoms with Crippen molar-refractivity contribution in [3.05, 3.63) is 29.8 Å². The predicted octanol–water partition coefficient (Wildman–Crippen LogP) is 2.56. The van der Waals surface area contributed by atoms with E-state index in [0.29, 0.717) is 11.8 Å². The summed E-state index contributed by atoms with van der Waals surface area (Å²) in [6.45, 7) is 5.41. The Hall–Kier alpha value is -1.55. The topological polar surface area (TPSA) is 47.6 Å². The molecule has 0 radical (unpaired) electrons. The second kappa shape index (κ2) is 9.37. The standard InChI is InChI=1S/C16H25NO3/c1-4-11-17-13(2)5-6-14-7-9-15(10-8-14)20-12-16(18)19-3/h7-10,13,17H,4-6,11-12H2,1-3H3. The van der Waals surface area contributed by atoms with E-state index < -0.39 is 0 Å². The van der Waals surface area contributed by atoms with Crippen LogP contribution in [0, 0.1) is 0 Å². The Labute approximate surface area is 121 Å². The first-order valence-electron chi connectivity index (χ1n) is 7.17. The van der Waals surface area contributed by atoms with Gasteiger partial charge in [0, 0.05) is 6.04 Å². The van der Waals surface area contributed by atoms with Gasteiger partial charge in [-0.1, -0.05) is 19.1 Å². The lowest BCUT2D eigenvalue weighted by molar-refractivity contribution is -0.142. The fourth-order valence-electron chi connectivity index (χ4n) is 1.83. The highest BCUT2D eigenvalue weighted by Crippen LogP contribution is 2.14. The summed E-state index contributed by atoms with van der Waals surface area (Å²) in [6.07, 6.45) is 3.31. The molecule has 1 unspecified atom stereocenters. The van der Waals surface area contributed by atoms with Gasteiger partial charge in [0.2, 0.25) is 0 Å². The van der Waals surface area contributed by atoms with Gasteiger partial charge in [0.05, 0.1) is 7.11 Å². The van der Waals surface area contributed by atoms with Gasteiger partial charge in [0.25, 0.3) is 0 Å². The van der Waals surface area contributed by atoms with Gasteiger partial charge in [-0.2, -0.15) is 0 Å². The van der Waals surface area contributed by atoms with Crippen LogP contribution in [-0.2, 0) is 16.0 Å². The normalized spacial score (nSPS) is 11.9. The van der Waals surface area contributed by atoms with Crippen LogP contribution >= 0.6 is 0 Å². The lowest BCUT2D eigenvalue weighted by atomic mass is 10.1. The molecule has 0 saturated heterocycles. The minimum absolute atomic E-state index is 0.0478. The smallest absolute Gasteiger partial charge is 0.343 e. The summed E-state index contributed by atoms with van der Waals surface area (Å²) < 4.78 is 9.83. The molecule has 4 nitrogen and oxygen atoms in total. The average molecular weight is 279 g/mol. The Bertz CT molecular complexity index is 389. The predicted molar refractivity (Wildman–Crippen MR) is 80.0 cm³/mol. The molecule has 0 heterocycles. The molecule has 0 spiro atoms. The van der Waals surface area contributed by atoms with E-state index in [2.05, 4.69) is 23.9 Å². The first kappa shape index (κ1) is 16.5. The molecule has 0 amide bonds. The van der Waals surface area contributed by atoms with E-state index in [4.69, 9.17) is 4.74 Å². The lowest BCUT2D eigenvalue weighted by Crippen LogP contribution is -2.27. The molecule has 1 atom stereocenters. The van der Waals surface area contributed by atoms with Crippen LogP contribution in [0.2, 0.25) is 0 Å². The molecule has 0 aliphatic heterocycles. The molecule has 1 N–H and O–H groups in total. The van der Waals surface area contributed by atoms with Crippen LogP contribution in [0.5, 0.6) is 5.75 Å². The minimum atomic E-state index is -0.370. The Morgan fingerprint density at radius 2 is 2.00 bits per heavy atom.